The van der Waals surface area contributed by atoms with E-state index in [0.717, 1.165) is 45.5 Å². The van der Waals surface area contributed by atoms with Crippen molar-refractivity contribution in [3.05, 3.63) is 121 Å². The second kappa shape index (κ2) is 5.84. The van der Waals surface area contributed by atoms with Crippen molar-refractivity contribution in [3.8, 4) is 23.0 Å². The van der Waals surface area contributed by atoms with Gasteiger partial charge in [-0.1, -0.05) is 35.0 Å². The average molecular weight is 503 g/mol. The van der Waals surface area contributed by atoms with Crippen LogP contribution < -0.4 is 19.0 Å². The topological polar surface area (TPSA) is 43.0 Å². The Morgan fingerprint density at radius 3 is 2.46 bits per heavy atom. The summed E-state index contributed by atoms with van der Waals surface area (Å²) < 4.78 is 13.7. The molecule has 0 saturated carbocycles. The Bertz CT molecular complexity index is 2280. The van der Waals surface area contributed by atoms with Crippen molar-refractivity contribution < 1.29 is 14.1 Å². The van der Waals surface area contributed by atoms with E-state index in [4.69, 9.17) is 9.84 Å². The van der Waals surface area contributed by atoms with Gasteiger partial charge in [0.1, 0.15) is 29.1 Å². The van der Waals surface area contributed by atoms with Crippen molar-refractivity contribution in [1.29, 1.82) is 0 Å². The van der Waals surface area contributed by atoms with Gasteiger partial charge in [0.15, 0.2) is 22.2 Å². The van der Waals surface area contributed by atoms with Crippen LogP contribution in [0.1, 0.15) is 11.1 Å². The molecular weight excluding hydrogens is 484 g/mol. The highest BCUT2D eigenvalue weighted by atomic mass is 16.5. The lowest BCUT2D eigenvalue weighted by atomic mass is 9.84. The zero-order chi connectivity index (χ0) is 25.0. The third-order valence-electron chi connectivity index (χ3n) is 8.94. The lowest BCUT2D eigenvalue weighted by Gasteiger charge is -2.35. The molecule has 0 fully saturated rings. The first-order valence-corrected chi connectivity index (χ1v) is 13.2. The second-order valence-corrected chi connectivity index (χ2v) is 10.6. The van der Waals surface area contributed by atoms with E-state index in [1.54, 1.807) is 0 Å². The Morgan fingerprint density at radius 1 is 0.692 bits per heavy atom. The van der Waals surface area contributed by atoms with E-state index in [1.807, 2.05) is 12.4 Å². The van der Waals surface area contributed by atoms with Gasteiger partial charge in [-0.15, -0.1) is 0 Å². The monoisotopic (exact) mass is 502 g/mol. The predicted octanol–water partition coefficient (Wildman–Crippen LogP) is 5.36. The van der Waals surface area contributed by atoms with Gasteiger partial charge in [-0.05, 0) is 60.7 Å². The average Bonchev–Trinajstić information content (AvgIpc) is 3.67. The Kier molecular flexibility index (Phi) is 2.81. The highest BCUT2D eigenvalue weighted by molar-refractivity contribution is 6.17. The summed E-state index contributed by atoms with van der Waals surface area (Å²) >= 11 is 0. The molecule has 0 amide bonds. The van der Waals surface area contributed by atoms with Gasteiger partial charge in [-0.3, -0.25) is 4.90 Å². The zero-order valence-electron chi connectivity index (χ0n) is 20.5. The van der Waals surface area contributed by atoms with Crippen molar-refractivity contribution in [1.82, 2.24) is 14.3 Å². The molecule has 0 radical (unpaired) electrons. The molecule has 180 valence electrons. The van der Waals surface area contributed by atoms with Crippen LogP contribution in [0.5, 0.6) is 11.5 Å². The molecule has 7 heteroatoms. The van der Waals surface area contributed by atoms with Crippen LogP contribution in [0.25, 0.3) is 33.3 Å². The molecule has 4 aliphatic rings. The van der Waals surface area contributed by atoms with E-state index < -0.39 is 5.66 Å². The number of fused-ring (bicyclic) bond motifs is 3. The van der Waals surface area contributed by atoms with Crippen LogP contribution >= 0.6 is 0 Å². The molecule has 4 aliphatic heterocycles. The minimum atomic E-state index is -0.738. The first-order chi connectivity index (χ1) is 19.4. The fourth-order valence-corrected chi connectivity index (χ4v) is 7.69. The molecule has 7 nitrogen and oxygen atoms in total. The van der Waals surface area contributed by atoms with Crippen molar-refractivity contribution in [3.63, 3.8) is 0 Å². The minimum absolute atomic E-state index is 0.738. The summed E-state index contributed by atoms with van der Waals surface area (Å²) in [5.74, 6) is 2.85. The second-order valence-electron chi connectivity index (χ2n) is 10.6. The molecule has 4 aromatic carbocycles. The number of anilines is 3. The molecule has 1 atom stereocenters. The summed E-state index contributed by atoms with van der Waals surface area (Å²) in [4.78, 5) is 4.53. The Labute approximate surface area is 221 Å². The van der Waals surface area contributed by atoms with Gasteiger partial charge in [0.05, 0.1) is 22.9 Å². The Morgan fingerprint density at radius 2 is 1.51 bits per heavy atom. The van der Waals surface area contributed by atoms with Crippen LogP contribution in [0.15, 0.2) is 110 Å². The summed E-state index contributed by atoms with van der Waals surface area (Å²) in [6, 6.07) is 32.4. The van der Waals surface area contributed by atoms with Crippen molar-refractivity contribution >= 4 is 38.9 Å². The predicted molar refractivity (Wildman–Crippen MR) is 145 cm³/mol. The first-order valence-electron chi connectivity index (χ1n) is 13.2. The lowest BCUT2D eigenvalue weighted by Crippen LogP contribution is -2.78. The molecule has 39 heavy (non-hydrogen) atoms. The molecule has 0 N–H and O–H groups in total. The number of aromatic nitrogens is 5. The quantitative estimate of drug-likeness (QED) is 0.284. The number of benzene rings is 4. The maximum Gasteiger partial charge on any atom is 0.423 e. The SMILES string of the molecule is c1ccc(N2c3ccc[n+]4c3-n3c5c2cccc5c2ccc5c(c23)C42c3c(cccc3-n3ccn[n+]32)O5)cc1. The molecule has 1 spiro atoms. The van der Waals surface area contributed by atoms with Gasteiger partial charge >= 0.3 is 11.5 Å². The van der Waals surface area contributed by atoms with E-state index in [-0.39, 0.29) is 0 Å². The van der Waals surface area contributed by atoms with Crippen LogP contribution in [-0.2, 0) is 5.66 Å². The van der Waals surface area contributed by atoms with Crippen LogP contribution in [0.2, 0.25) is 0 Å². The molecule has 11 rings (SSSR count). The summed E-state index contributed by atoms with van der Waals surface area (Å²) in [5, 5.41) is 7.42. The largest absolute Gasteiger partial charge is 0.456 e. The molecule has 1 unspecified atom stereocenters. The molecule has 7 aromatic rings. The van der Waals surface area contributed by atoms with E-state index in [1.165, 1.54) is 27.5 Å². The Balaban J connectivity index is 1.46. The highest BCUT2D eigenvalue weighted by Crippen LogP contribution is 2.58. The smallest absolute Gasteiger partial charge is 0.423 e. The zero-order valence-corrected chi connectivity index (χ0v) is 20.5. The number of hydrogen-bond acceptors (Lipinski definition) is 3. The van der Waals surface area contributed by atoms with Gasteiger partial charge in [0.25, 0.3) is 0 Å². The van der Waals surface area contributed by atoms with E-state index in [2.05, 4.69) is 121 Å². The molecule has 7 heterocycles. The minimum Gasteiger partial charge on any atom is -0.456 e. The van der Waals surface area contributed by atoms with Gasteiger partial charge in [0.2, 0.25) is 0 Å². The first kappa shape index (κ1) is 18.8. The van der Waals surface area contributed by atoms with E-state index in [9.17, 15) is 0 Å². The number of rotatable bonds is 1. The van der Waals surface area contributed by atoms with Gasteiger partial charge < -0.3 is 4.74 Å². The van der Waals surface area contributed by atoms with Crippen molar-refractivity contribution in [2.24, 2.45) is 0 Å². The van der Waals surface area contributed by atoms with Crippen LogP contribution in [0.3, 0.4) is 0 Å². The van der Waals surface area contributed by atoms with Crippen molar-refractivity contribution in [2.45, 2.75) is 5.66 Å². The summed E-state index contributed by atoms with van der Waals surface area (Å²) in [6.45, 7) is 0. The maximum atomic E-state index is 6.69. The highest BCUT2D eigenvalue weighted by Gasteiger charge is 2.70. The number of ether oxygens (including phenoxy) is 1. The van der Waals surface area contributed by atoms with Crippen LogP contribution in [0.4, 0.5) is 17.1 Å². The molecular formula is C32H18N6O+2. The standard InChI is InChI=1S/C32H18N6O/c1-2-7-19(8-3-1)36-23-11-4-9-20-21-14-15-26-28-30(21)37(29(20)23)31-24(36)12-6-17-34(31)32(28)27-22(10-5-13-25(27)39-26)35-18-16-33-38(32)35/h1-18H/q+2. The van der Waals surface area contributed by atoms with E-state index in [0.29, 0.717) is 0 Å². The maximum absolute atomic E-state index is 6.69. The molecule has 0 saturated heterocycles. The fraction of sp³-hybridized carbons (Fsp3) is 0.0312. The fourth-order valence-electron chi connectivity index (χ4n) is 7.69. The number of nitrogens with zero attached hydrogens (tertiary/aromatic N) is 6. The van der Waals surface area contributed by atoms with Crippen LogP contribution in [-0.4, -0.2) is 14.3 Å². The lowest BCUT2D eigenvalue weighted by molar-refractivity contribution is -1.02. The van der Waals surface area contributed by atoms with Gasteiger partial charge in [-0.2, -0.15) is 9.13 Å². The number of para-hydroxylation sites is 2. The van der Waals surface area contributed by atoms with Crippen molar-refractivity contribution in [2.75, 3.05) is 4.90 Å². The molecule has 0 aliphatic carbocycles. The third-order valence-corrected chi connectivity index (χ3v) is 8.94. The Hall–Kier alpha value is -5.43. The van der Waals surface area contributed by atoms with Gasteiger partial charge in [-0.25, -0.2) is 0 Å². The van der Waals surface area contributed by atoms with E-state index >= 15 is 0 Å². The molecule has 3 aromatic heterocycles. The summed E-state index contributed by atoms with van der Waals surface area (Å²) in [5.41, 5.74) is 8.40. The number of pyridine rings is 1. The van der Waals surface area contributed by atoms with Crippen LogP contribution in [0, 0.1) is 0 Å². The normalized spacial score (nSPS) is 18.0. The summed E-state index contributed by atoms with van der Waals surface area (Å²) in [7, 11) is 0. The molecule has 0 bridgehead atoms. The summed E-state index contributed by atoms with van der Waals surface area (Å²) in [6.07, 6.45) is 6.13. The third kappa shape index (κ3) is 1.76. The number of hydrogen-bond donors (Lipinski definition) is 0. The van der Waals surface area contributed by atoms with Gasteiger partial charge in [0, 0.05) is 21.6 Å².